The van der Waals surface area contributed by atoms with Crippen LogP contribution in [0.1, 0.15) is 0 Å². The van der Waals surface area contributed by atoms with Crippen LogP contribution in [0.3, 0.4) is 0 Å². The lowest BCUT2D eigenvalue weighted by Crippen LogP contribution is -2.59. The van der Waals surface area contributed by atoms with E-state index in [1.54, 1.807) is 0 Å². The molecule has 0 radical (unpaired) electrons. The van der Waals surface area contributed by atoms with Gasteiger partial charge in [-0.25, -0.2) is 4.79 Å². The van der Waals surface area contributed by atoms with E-state index >= 15 is 0 Å². The van der Waals surface area contributed by atoms with Crippen molar-refractivity contribution in [2.45, 2.75) is 30.7 Å². The second-order valence-corrected chi connectivity index (χ2v) is 3.80. The van der Waals surface area contributed by atoms with Gasteiger partial charge in [0.2, 0.25) is 0 Å². The van der Waals surface area contributed by atoms with Crippen molar-refractivity contribution in [3.63, 3.8) is 0 Å². The number of ether oxygens (including phenoxy) is 2. The fraction of sp³-hybridized carbons (Fsp3) is 0.889. The highest BCUT2D eigenvalue weighted by Crippen LogP contribution is 2.21. The molecule has 1 amide bonds. The predicted octanol–water partition coefficient (Wildman–Crippen LogP) is -2.93. The Bertz CT molecular complexity index is 273. The molecule has 1 rings (SSSR count). The van der Waals surface area contributed by atoms with E-state index in [2.05, 4.69) is 0 Å². The lowest BCUT2D eigenvalue weighted by atomic mass is 9.99. The normalized spacial score (nSPS) is 36.3. The Balaban J connectivity index is 2.41. The van der Waals surface area contributed by atoms with E-state index < -0.39 is 43.4 Å². The Hall–Kier alpha value is -0.970. The zero-order valence-corrected chi connectivity index (χ0v) is 9.47. The summed E-state index contributed by atoms with van der Waals surface area (Å²) in [6.07, 6.45) is -7.92. The number of carboxylic acid groups (broad SMARTS) is 1. The fourth-order valence-corrected chi connectivity index (χ4v) is 1.54. The first-order valence-corrected chi connectivity index (χ1v) is 5.36. The van der Waals surface area contributed by atoms with Gasteiger partial charge in [-0.05, 0) is 0 Å². The van der Waals surface area contributed by atoms with Crippen LogP contribution in [0.2, 0.25) is 0 Å². The van der Waals surface area contributed by atoms with Crippen LogP contribution >= 0.6 is 0 Å². The van der Waals surface area contributed by atoms with Crippen molar-refractivity contribution in [1.29, 1.82) is 0 Å². The van der Waals surface area contributed by atoms with Gasteiger partial charge in [0.25, 0.3) is 0 Å². The van der Waals surface area contributed by atoms with Crippen LogP contribution in [0.5, 0.6) is 0 Å². The number of amides is 1. The molecule has 1 aliphatic heterocycles. The highest BCUT2D eigenvalue weighted by molar-refractivity contribution is 5.64. The number of aliphatic hydroxyl groups is 4. The smallest absolute Gasteiger partial charge is 0.404 e. The molecule has 0 bridgehead atoms. The molecule has 1 aliphatic rings. The topological polar surface area (TPSA) is 149 Å². The molecule has 6 N–H and O–H groups in total. The molecule has 106 valence electrons. The molecular formula is C9H17NO8. The second kappa shape index (κ2) is 6.83. The van der Waals surface area contributed by atoms with Gasteiger partial charge in [0.05, 0.1) is 13.2 Å². The van der Waals surface area contributed by atoms with Crippen molar-refractivity contribution in [1.82, 2.24) is 5.32 Å². The van der Waals surface area contributed by atoms with E-state index in [1.165, 1.54) is 0 Å². The fourth-order valence-electron chi connectivity index (χ4n) is 1.54. The molecule has 1 heterocycles. The van der Waals surface area contributed by atoms with Crippen LogP contribution < -0.4 is 5.32 Å². The summed E-state index contributed by atoms with van der Waals surface area (Å²) in [7, 11) is 0. The first-order chi connectivity index (χ1) is 8.47. The molecular weight excluding hydrogens is 250 g/mol. The minimum atomic E-state index is -1.51. The van der Waals surface area contributed by atoms with Crippen molar-refractivity contribution in [2.75, 3.05) is 19.8 Å². The molecule has 0 saturated carbocycles. The Morgan fingerprint density at radius 2 is 1.89 bits per heavy atom. The standard InChI is InChI=1S/C9H17NO8/c11-3-4-5(12)6(13)7(14)8(18-4)17-2-1-10-9(15)16/h4-8,10-14H,1-3H2,(H,15,16)/t4-,5-,6+,7+,8-/m1/s1. The van der Waals surface area contributed by atoms with Crippen molar-refractivity contribution in [3.8, 4) is 0 Å². The number of carbonyl (C=O) groups is 1. The molecule has 0 aromatic carbocycles. The van der Waals surface area contributed by atoms with Crippen molar-refractivity contribution < 1.29 is 39.8 Å². The summed E-state index contributed by atoms with van der Waals surface area (Å²) in [6, 6.07) is 0. The van der Waals surface area contributed by atoms with Gasteiger partial charge < -0.3 is 40.3 Å². The van der Waals surface area contributed by atoms with E-state index in [0.717, 1.165) is 0 Å². The van der Waals surface area contributed by atoms with Gasteiger partial charge in [-0.15, -0.1) is 0 Å². The Kier molecular flexibility index (Phi) is 5.72. The Morgan fingerprint density at radius 3 is 2.44 bits per heavy atom. The van der Waals surface area contributed by atoms with Gasteiger partial charge in [0.1, 0.15) is 24.4 Å². The maximum atomic E-state index is 10.2. The van der Waals surface area contributed by atoms with Crippen LogP contribution in [-0.2, 0) is 9.47 Å². The van der Waals surface area contributed by atoms with Crippen LogP contribution in [0.25, 0.3) is 0 Å². The highest BCUT2D eigenvalue weighted by Gasteiger charge is 2.43. The molecule has 0 aromatic heterocycles. The van der Waals surface area contributed by atoms with Gasteiger partial charge in [0.15, 0.2) is 6.29 Å². The van der Waals surface area contributed by atoms with Crippen LogP contribution in [0.4, 0.5) is 4.79 Å². The Labute approximate surface area is 103 Å². The average molecular weight is 267 g/mol. The van der Waals surface area contributed by atoms with E-state index in [-0.39, 0.29) is 13.2 Å². The predicted molar refractivity (Wildman–Crippen MR) is 55.7 cm³/mol. The van der Waals surface area contributed by atoms with E-state index in [4.69, 9.17) is 19.7 Å². The molecule has 9 heteroatoms. The van der Waals surface area contributed by atoms with E-state index in [1.807, 2.05) is 5.32 Å². The van der Waals surface area contributed by atoms with Crippen molar-refractivity contribution in [3.05, 3.63) is 0 Å². The third-order valence-electron chi connectivity index (χ3n) is 2.51. The lowest BCUT2D eigenvalue weighted by Gasteiger charge is -2.39. The largest absolute Gasteiger partial charge is 0.465 e. The van der Waals surface area contributed by atoms with Gasteiger partial charge in [0, 0.05) is 6.54 Å². The number of hydrogen-bond donors (Lipinski definition) is 6. The van der Waals surface area contributed by atoms with Gasteiger partial charge >= 0.3 is 6.09 Å². The van der Waals surface area contributed by atoms with E-state index in [0.29, 0.717) is 0 Å². The van der Waals surface area contributed by atoms with Crippen molar-refractivity contribution in [2.24, 2.45) is 0 Å². The summed E-state index contributed by atoms with van der Waals surface area (Å²) < 4.78 is 10.0. The maximum Gasteiger partial charge on any atom is 0.404 e. The molecule has 0 spiro atoms. The molecule has 5 atom stereocenters. The highest BCUT2D eigenvalue weighted by atomic mass is 16.7. The molecule has 18 heavy (non-hydrogen) atoms. The summed E-state index contributed by atoms with van der Waals surface area (Å²) in [6.45, 7) is -0.655. The van der Waals surface area contributed by atoms with Crippen molar-refractivity contribution >= 4 is 6.09 Å². The molecule has 9 nitrogen and oxygen atoms in total. The van der Waals surface area contributed by atoms with Gasteiger partial charge in [-0.2, -0.15) is 0 Å². The Morgan fingerprint density at radius 1 is 1.22 bits per heavy atom. The van der Waals surface area contributed by atoms with Crippen LogP contribution in [-0.4, -0.2) is 82.1 Å². The minimum Gasteiger partial charge on any atom is -0.465 e. The summed E-state index contributed by atoms with van der Waals surface area (Å²) in [5.74, 6) is 0. The van der Waals surface area contributed by atoms with Gasteiger partial charge in [-0.1, -0.05) is 0 Å². The average Bonchev–Trinajstić information content (AvgIpc) is 2.34. The molecule has 0 aromatic rings. The molecule has 0 aliphatic carbocycles. The first kappa shape index (κ1) is 15.1. The van der Waals surface area contributed by atoms with Crippen LogP contribution in [0, 0.1) is 0 Å². The minimum absolute atomic E-state index is 0.0235. The zero-order valence-electron chi connectivity index (χ0n) is 9.47. The third kappa shape index (κ3) is 3.77. The first-order valence-electron chi connectivity index (χ1n) is 5.36. The van der Waals surface area contributed by atoms with Gasteiger partial charge in [-0.3, -0.25) is 0 Å². The molecule has 1 saturated heterocycles. The number of rotatable bonds is 5. The van der Waals surface area contributed by atoms with E-state index in [9.17, 15) is 20.1 Å². The quantitative estimate of drug-likeness (QED) is 0.290. The zero-order chi connectivity index (χ0) is 13.7. The summed E-state index contributed by atoms with van der Waals surface area (Å²) in [5.41, 5.74) is 0. The third-order valence-corrected chi connectivity index (χ3v) is 2.51. The number of hydrogen-bond acceptors (Lipinski definition) is 7. The molecule has 1 fully saturated rings. The summed E-state index contributed by atoms with van der Waals surface area (Å²) in [5, 5.41) is 47.7. The maximum absolute atomic E-state index is 10.2. The lowest BCUT2D eigenvalue weighted by molar-refractivity contribution is -0.300. The number of aliphatic hydroxyl groups excluding tert-OH is 4. The summed E-state index contributed by atoms with van der Waals surface area (Å²) >= 11 is 0. The SMILES string of the molecule is O=C(O)NCCO[C@@H]1O[C@H](CO)[C@@H](O)[C@H](O)[C@@H]1O. The van der Waals surface area contributed by atoms with Crippen LogP contribution in [0.15, 0.2) is 0 Å². The number of nitrogens with one attached hydrogen (secondary N) is 1. The second-order valence-electron chi connectivity index (χ2n) is 3.80. The monoisotopic (exact) mass is 267 g/mol. The summed E-state index contributed by atoms with van der Waals surface area (Å²) in [4.78, 5) is 10.2. The molecule has 0 unspecified atom stereocenters.